The quantitative estimate of drug-likeness (QED) is 0.128. The summed E-state index contributed by atoms with van der Waals surface area (Å²) in [5.41, 5.74) is 24.1. The van der Waals surface area contributed by atoms with Crippen LogP contribution in [0.15, 0.2) is 304 Å². The van der Waals surface area contributed by atoms with Crippen molar-refractivity contribution >= 4 is 11.1 Å². The molecule has 10 aromatic carbocycles. The highest BCUT2D eigenvalue weighted by atomic mass is 14.7. The standard InChI is InChI=1S/C74H50N2/c1-3-21-51(22-4-1)53-39-43-55(44-40-53)71(56-45-41-54(42-46-56)52-23-5-2-6-24-52)72(57-25-19-27-59(49-57)73(69-37-15-17-47-75-69)65-33-11-7-29-61(65)62-30-8-12-34-66(62)73)58-26-20-28-60(50-58)74(70-38-16-18-48-76-70)67-35-13-9-31-63(67)64-32-10-14-36-68(64)74/h1-50H. The molecule has 14 rings (SSSR count). The van der Waals surface area contributed by atoms with Gasteiger partial charge < -0.3 is 0 Å². The maximum atomic E-state index is 5.25. The van der Waals surface area contributed by atoms with Gasteiger partial charge in [-0.2, -0.15) is 0 Å². The molecule has 0 bridgehead atoms. The van der Waals surface area contributed by atoms with E-state index in [1.165, 1.54) is 66.8 Å². The van der Waals surface area contributed by atoms with Crippen LogP contribution in [0.5, 0.6) is 0 Å². The summed E-state index contributed by atoms with van der Waals surface area (Å²) in [6.07, 6.45) is 3.88. The van der Waals surface area contributed by atoms with Crippen LogP contribution in [0.25, 0.3) is 55.7 Å². The molecule has 0 saturated heterocycles. The summed E-state index contributed by atoms with van der Waals surface area (Å²) in [4.78, 5) is 10.5. The fourth-order valence-electron chi connectivity index (χ4n) is 12.8. The van der Waals surface area contributed by atoms with E-state index in [4.69, 9.17) is 9.97 Å². The summed E-state index contributed by atoms with van der Waals surface area (Å²) in [6, 6.07) is 107. The van der Waals surface area contributed by atoms with Gasteiger partial charge in [-0.3, -0.25) is 9.97 Å². The van der Waals surface area contributed by atoms with E-state index in [-0.39, 0.29) is 0 Å². The Labute approximate surface area is 444 Å². The van der Waals surface area contributed by atoms with Gasteiger partial charge in [0.15, 0.2) is 0 Å². The topological polar surface area (TPSA) is 25.8 Å². The van der Waals surface area contributed by atoms with Crippen molar-refractivity contribution in [3.63, 3.8) is 0 Å². The first-order valence-corrected chi connectivity index (χ1v) is 26.2. The Kier molecular flexibility index (Phi) is 11.0. The van der Waals surface area contributed by atoms with Crippen molar-refractivity contribution in [2.75, 3.05) is 0 Å². The third-order valence-electron chi connectivity index (χ3n) is 16.0. The van der Waals surface area contributed by atoms with Crippen LogP contribution >= 0.6 is 0 Å². The number of hydrogen-bond donors (Lipinski definition) is 0. The molecule has 0 atom stereocenters. The molecule has 2 heteroatoms. The van der Waals surface area contributed by atoms with Crippen molar-refractivity contribution in [2.24, 2.45) is 0 Å². The first-order chi connectivity index (χ1) is 37.7. The molecule has 12 aromatic rings. The summed E-state index contributed by atoms with van der Waals surface area (Å²) >= 11 is 0. The second-order valence-corrected chi connectivity index (χ2v) is 19.9. The Morgan fingerprint density at radius 1 is 0.237 bits per heavy atom. The van der Waals surface area contributed by atoms with E-state index < -0.39 is 10.8 Å². The number of pyridine rings is 2. The number of fused-ring (bicyclic) bond motifs is 6. The van der Waals surface area contributed by atoms with E-state index in [0.29, 0.717) is 0 Å². The van der Waals surface area contributed by atoms with Crippen molar-refractivity contribution in [2.45, 2.75) is 10.8 Å². The molecule has 356 valence electrons. The predicted octanol–water partition coefficient (Wildman–Crippen LogP) is 17.5. The first kappa shape index (κ1) is 44.9. The van der Waals surface area contributed by atoms with Crippen LogP contribution in [-0.2, 0) is 10.8 Å². The summed E-state index contributed by atoms with van der Waals surface area (Å²) in [5.74, 6) is 0. The molecule has 2 aliphatic rings. The van der Waals surface area contributed by atoms with Gasteiger partial charge in [0.05, 0.1) is 22.2 Å². The number of rotatable bonds is 10. The molecule has 0 aliphatic heterocycles. The van der Waals surface area contributed by atoms with Crippen LogP contribution in [0.4, 0.5) is 0 Å². The summed E-state index contributed by atoms with van der Waals surface area (Å²) in [7, 11) is 0. The van der Waals surface area contributed by atoms with E-state index in [2.05, 4.69) is 279 Å². The minimum absolute atomic E-state index is 0.702. The average Bonchev–Trinajstić information content (AvgIpc) is 4.02. The van der Waals surface area contributed by atoms with Gasteiger partial charge in [0.2, 0.25) is 0 Å². The zero-order chi connectivity index (χ0) is 50.5. The Balaban J connectivity index is 1.08. The lowest BCUT2D eigenvalue weighted by atomic mass is 9.68. The maximum absolute atomic E-state index is 5.25. The van der Waals surface area contributed by atoms with Gasteiger partial charge in [0.25, 0.3) is 0 Å². The molecule has 2 nitrogen and oxygen atoms in total. The van der Waals surface area contributed by atoms with Crippen LogP contribution in [0, 0.1) is 0 Å². The number of benzene rings is 10. The molecular formula is C74H50N2. The van der Waals surface area contributed by atoms with Crippen molar-refractivity contribution in [3.8, 4) is 44.5 Å². The van der Waals surface area contributed by atoms with Crippen LogP contribution in [-0.4, -0.2) is 9.97 Å². The fourth-order valence-corrected chi connectivity index (χ4v) is 12.8. The van der Waals surface area contributed by atoms with Crippen LogP contribution in [0.2, 0.25) is 0 Å². The van der Waals surface area contributed by atoms with Gasteiger partial charge in [-0.15, -0.1) is 0 Å². The second kappa shape index (κ2) is 18.6. The lowest BCUT2D eigenvalue weighted by molar-refractivity contribution is 0.734. The van der Waals surface area contributed by atoms with Crippen molar-refractivity contribution in [3.05, 3.63) is 371 Å². The van der Waals surface area contributed by atoms with Crippen molar-refractivity contribution in [1.82, 2.24) is 9.97 Å². The fraction of sp³-hybridized carbons (Fsp3) is 0.0270. The molecule has 2 heterocycles. The molecule has 76 heavy (non-hydrogen) atoms. The lowest BCUT2D eigenvalue weighted by Gasteiger charge is -2.34. The number of hydrogen-bond acceptors (Lipinski definition) is 2. The van der Waals surface area contributed by atoms with Crippen molar-refractivity contribution < 1.29 is 0 Å². The SMILES string of the molecule is c1ccc(-c2ccc(C(=C(c3cccc(C4(c5ccccn5)c5ccccc5-c5ccccc54)c3)c3cccc(C4(c5ccccn5)c5ccccc5-c5ccccc54)c3)c3ccc(-c4ccccc4)cc3)cc2)cc1. The van der Waals surface area contributed by atoms with E-state index in [1.54, 1.807) is 0 Å². The Morgan fingerprint density at radius 3 is 0.908 bits per heavy atom. The Bertz CT molecular complexity index is 3760. The van der Waals surface area contributed by atoms with Crippen LogP contribution < -0.4 is 0 Å². The molecule has 2 aliphatic carbocycles. The number of nitrogens with zero attached hydrogens (tertiary/aromatic N) is 2. The van der Waals surface area contributed by atoms with Gasteiger partial charge in [0.1, 0.15) is 0 Å². The van der Waals surface area contributed by atoms with Crippen LogP contribution in [0.3, 0.4) is 0 Å². The predicted molar refractivity (Wildman–Crippen MR) is 312 cm³/mol. The normalized spacial score (nSPS) is 13.2. The molecule has 0 N–H and O–H groups in total. The minimum atomic E-state index is -0.702. The Hall–Kier alpha value is -9.76. The largest absolute Gasteiger partial charge is 0.260 e. The summed E-state index contributed by atoms with van der Waals surface area (Å²) < 4.78 is 0. The maximum Gasteiger partial charge on any atom is 0.0886 e. The van der Waals surface area contributed by atoms with Gasteiger partial charge >= 0.3 is 0 Å². The molecular weight excluding hydrogens is 917 g/mol. The molecule has 0 amide bonds. The third kappa shape index (κ3) is 7.10. The highest BCUT2D eigenvalue weighted by Crippen LogP contribution is 2.58. The molecule has 0 spiro atoms. The van der Waals surface area contributed by atoms with Gasteiger partial charge in [-0.05, 0) is 148 Å². The third-order valence-corrected chi connectivity index (χ3v) is 16.0. The summed E-state index contributed by atoms with van der Waals surface area (Å²) in [6.45, 7) is 0. The zero-order valence-electron chi connectivity index (χ0n) is 41.8. The molecule has 2 aromatic heterocycles. The molecule has 0 unspecified atom stereocenters. The highest BCUT2D eigenvalue weighted by Gasteiger charge is 2.49. The van der Waals surface area contributed by atoms with E-state index in [1.807, 2.05) is 24.5 Å². The van der Waals surface area contributed by atoms with Gasteiger partial charge in [0, 0.05) is 12.4 Å². The zero-order valence-corrected chi connectivity index (χ0v) is 41.8. The molecule has 0 radical (unpaired) electrons. The first-order valence-electron chi connectivity index (χ1n) is 26.2. The minimum Gasteiger partial charge on any atom is -0.260 e. The van der Waals surface area contributed by atoms with E-state index in [9.17, 15) is 0 Å². The monoisotopic (exact) mass is 966 g/mol. The van der Waals surface area contributed by atoms with Gasteiger partial charge in [-0.25, -0.2) is 0 Å². The summed E-state index contributed by atoms with van der Waals surface area (Å²) in [5, 5.41) is 0. The Morgan fingerprint density at radius 2 is 0.553 bits per heavy atom. The van der Waals surface area contributed by atoms with Gasteiger partial charge in [-0.1, -0.05) is 255 Å². The second-order valence-electron chi connectivity index (χ2n) is 19.9. The average molecular weight is 967 g/mol. The number of aromatic nitrogens is 2. The van der Waals surface area contributed by atoms with Crippen LogP contribution in [0.1, 0.15) is 67.0 Å². The highest BCUT2D eigenvalue weighted by molar-refractivity contribution is 6.05. The smallest absolute Gasteiger partial charge is 0.0886 e. The van der Waals surface area contributed by atoms with E-state index in [0.717, 1.165) is 55.9 Å². The lowest BCUT2D eigenvalue weighted by Crippen LogP contribution is -2.30. The molecule has 0 saturated carbocycles. The van der Waals surface area contributed by atoms with E-state index >= 15 is 0 Å². The van der Waals surface area contributed by atoms with Crippen molar-refractivity contribution in [1.29, 1.82) is 0 Å². The molecule has 0 fully saturated rings.